The number of hydrogen-bond acceptors (Lipinski definition) is 3. The van der Waals surface area contributed by atoms with E-state index in [9.17, 15) is 10.2 Å². The zero-order valence-electron chi connectivity index (χ0n) is 11.2. The molecule has 0 heterocycles. The summed E-state index contributed by atoms with van der Waals surface area (Å²) < 4.78 is 0. The summed E-state index contributed by atoms with van der Waals surface area (Å²) in [5, 5.41) is 22.6. The van der Waals surface area contributed by atoms with Gasteiger partial charge in [0, 0.05) is 12.1 Å². The van der Waals surface area contributed by atoms with Crippen LogP contribution in [0.25, 0.3) is 0 Å². The van der Waals surface area contributed by atoms with Gasteiger partial charge in [-0.05, 0) is 50.0 Å². The van der Waals surface area contributed by atoms with Gasteiger partial charge in [-0.25, -0.2) is 0 Å². The van der Waals surface area contributed by atoms with Crippen molar-refractivity contribution in [2.75, 3.05) is 0 Å². The third-order valence-electron chi connectivity index (χ3n) is 3.52. The van der Waals surface area contributed by atoms with Crippen molar-refractivity contribution in [1.29, 1.82) is 0 Å². The maximum Gasteiger partial charge on any atom is 0.115 e. The standard InChI is InChI=1S/C16H21NO2/c1-2-4-15(19)11-12-7-10-16(12)17-13-5-3-6-14(18)9-8-13/h2-6,8-9,11-13,16-19H,7,10H2,1H3/b4-2-,15-11+. The zero-order valence-corrected chi connectivity index (χ0v) is 11.2. The Kier molecular flexibility index (Phi) is 4.63. The van der Waals surface area contributed by atoms with Crippen molar-refractivity contribution in [1.82, 2.24) is 5.32 Å². The molecule has 3 atom stereocenters. The molecule has 0 amide bonds. The highest BCUT2D eigenvalue weighted by Gasteiger charge is 2.30. The lowest BCUT2D eigenvalue weighted by Gasteiger charge is -2.37. The van der Waals surface area contributed by atoms with Crippen LogP contribution in [0, 0.1) is 5.92 Å². The predicted molar refractivity (Wildman–Crippen MR) is 78.0 cm³/mol. The van der Waals surface area contributed by atoms with Gasteiger partial charge in [-0.1, -0.05) is 24.3 Å². The highest BCUT2D eigenvalue weighted by Crippen LogP contribution is 2.30. The van der Waals surface area contributed by atoms with E-state index in [2.05, 4.69) is 5.32 Å². The maximum absolute atomic E-state index is 9.67. The van der Waals surface area contributed by atoms with Crippen LogP contribution in [0.2, 0.25) is 0 Å². The molecule has 2 rings (SSSR count). The molecule has 0 aromatic rings. The number of aliphatic hydroxyl groups excluding tert-OH is 2. The minimum absolute atomic E-state index is 0.131. The summed E-state index contributed by atoms with van der Waals surface area (Å²) in [7, 11) is 0. The fraction of sp³-hybridized carbons (Fsp3) is 0.375. The van der Waals surface area contributed by atoms with Gasteiger partial charge in [0.2, 0.25) is 0 Å². The van der Waals surface area contributed by atoms with Gasteiger partial charge in [0.15, 0.2) is 0 Å². The van der Waals surface area contributed by atoms with Crippen LogP contribution in [0.5, 0.6) is 0 Å². The van der Waals surface area contributed by atoms with Crippen molar-refractivity contribution >= 4 is 0 Å². The molecule has 3 nitrogen and oxygen atoms in total. The van der Waals surface area contributed by atoms with Crippen molar-refractivity contribution in [2.24, 2.45) is 5.92 Å². The molecule has 0 radical (unpaired) electrons. The minimum Gasteiger partial charge on any atom is -0.508 e. The van der Waals surface area contributed by atoms with Gasteiger partial charge in [-0.15, -0.1) is 0 Å². The molecule has 3 unspecified atom stereocenters. The van der Waals surface area contributed by atoms with Crippen LogP contribution < -0.4 is 5.32 Å². The molecule has 0 bridgehead atoms. The largest absolute Gasteiger partial charge is 0.508 e. The summed E-state index contributed by atoms with van der Waals surface area (Å²) in [5.74, 6) is 0.990. The summed E-state index contributed by atoms with van der Waals surface area (Å²) in [5.41, 5.74) is 0. The Morgan fingerprint density at radius 3 is 2.89 bits per heavy atom. The smallest absolute Gasteiger partial charge is 0.115 e. The maximum atomic E-state index is 9.67. The second kappa shape index (κ2) is 6.43. The first kappa shape index (κ1) is 13.7. The van der Waals surface area contributed by atoms with Crippen LogP contribution in [0.15, 0.2) is 60.1 Å². The van der Waals surface area contributed by atoms with E-state index in [1.54, 1.807) is 18.2 Å². The Hall–Kier alpha value is -1.74. The van der Waals surface area contributed by atoms with E-state index in [4.69, 9.17) is 0 Å². The van der Waals surface area contributed by atoms with Crippen molar-refractivity contribution < 1.29 is 10.2 Å². The lowest BCUT2D eigenvalue weighted by atomic mass is 9.78. The molecule has 0 aromatic carbocycles. The number of aliphatic hydroxyl groups is 2. The number of hydrogen-bond donors (Lipinski definition) is 3. The van der Waals surface area contributed by atoms with Crippen LogP contribution in [-0.2, 0) is 0 Å². The molecule has 19 heavy (non-hydrogen) atoms. The summed E-state index contributed by atoms with van der Waals surface area (Å²) in [6.07, 6.45) is 16.9. The molecule has 2 aliphatic rings. The molecule has 0 saturated heterocycles. The first-order chi connectivity index (χ1) is 9.19. The second-order valence-corrected chi connectivity index (χ2v) is 4.97. The summed E-state index contributed by atoms with van der Waals surface area (Å²) >= 11 is 0. The first-order valence-corrected chi connectivity index (χ1v) is 6.74. The van der Waals surface area contributed by atoms with Crippen molar-refractivity contribution in [3.05, 3.63) is 60.1 Å². The molecule has 0 aromatic heterocycles. The van der Waals surface area contributed by atoms with Crippen LogP contribution in [0.1, 0.15) is 19.8 Å². The molecule has 2 aliphatic carbocycles. The van der Waals surface area contributed by atoms with E-state index in [1.165, 1.54) is 0 Å². The quantitative estimate of drug-likeness (QED) is 0.536. The van der Waals surface area contributed by atoms with Crippen molar-refractivity contribution in [2.45, 2.75) is 31.8 Å². The Morgan fingerprint density at radius 2 is 2.21 bits per heavy atom. The molecule has 3 heteroatoms. The van der Waals surface area contributed by atoms with Gasteiger partial charge < -0.3 is 15.5 Å². The van der Waals surface area contributed by atoms with Gasteiger partial charge in [0.1, 0.15) is 11.5 Å². The van der Waals surface area contributed by atoms with E-state index in [0.29, 0.717) is 17.7 Å². The Bertz CT molecular complexity index is 457. The monoisotopic (exact) mass is 259 g/mol. The molecule has 1 saturated carbocycles. The second-order valence-electron chi connectivity index (χ2n) is 4.97. The SMILES string of the molecule is C/C=C\C(O)=C/C1CCC1NC1C=CC=C(O)C=C1. The summed E-state index contributed by atoms with van der Waals surface area (Å²) in [4.78, 5) is 0. The number of nitrogens with one attached hydrogen (secondary N) is 1. The topological polar surface area (TPSA) is 52.5 Å². The van der Waals surface area contributed by atoms with E-state index < -0.39 is 0 Å². The molecule has 0 spiro atoms. The van der Waals surface area contributed by atoms with E-state index in [-0.39, 0.29) is 11.8 Å². The number of allylic oxidation sites excluding steroid dienone is 5. The Labute approximate surface area is 114 Å². The minimum atomic E-state index is 0.131. The fourth-order valence-electron chi connectivity index (χ4n) is 2.33. The van der Waals surface area contributed by atoms with Gasteiger partial charge in [-0.2, -0.15) is 0 Å². The highest BCUT2D eigenvalue weighted by molar-refractivity contribution is 5.26. The van der Waals surface area contributed by atoms with Crippen LogP contribution in [0.4, 0.5) is 0 Å². The number of rotatable bonds is 4. The predicted octanol–water partition coefficient (Wildman–Crippen LogP) is 3.31. The van der Waals surface area contributed by atoms with Gasteiger partial charge in [0.25, 0.3) is 0 Å². The summed E-state index contributed by atoms with van der Waals surface area (Å²) in [6.45, 7) is 1.89. The van der Waals surface area contributed by atoms with E-state index in [1.807, 2.05) is 37.3 Å². The van der Waals surface area contributed by atoms with E-state index >= 15 is 0 Å². The lowest BCUT2D eigenvalue weighted by Crippen LogP contribution is -2.46. The lowest BCUT2D eigenvalue weighted by molar-refractivity contribution is 0.249. The first-order valence-electron chi connectivity index (χ1n) is 6.74. The van der Waals surface area contributed by atoms with Crippen molar-refractivity contribution in [3.63, 3.8) is 0 Å². The Morgan fingerprint density at radius 1 is 1.37 bits per heavy atom. The van der Waals surface area contributed by atoms with Gasteiger partial charge in [0.05, 0.1) is 0 Å². The van der Waals surface area contributed by atoms with Crippen LogP contribution >= 0.6 is 0 Å². The van der Waals surface area contributed by atoms with Gasteiger partial charge >= 0.3 is 0 Å². The molecular weight excluding hydrogens is 238 g/mol. The van der Waals surface area contributed by atoms with Gasteiger partial charge in [-0.3, -0.25) is 0 Å². The molecule has 3 N–H and O–H groups in total. The normalized spacial score (nSPS) is 31.1. The average molecular weight is 259 g/mol. The van der Waals surface area contributed by atoms with Crippen LogP contribution in [0.3, 0.4) is 0 Å². The fourth-order valence-corrected chi connectivity index (χ4v) is 2.33. The van der Waals surface area contributed by atoms with E-state index in [0.717, 1.165) is 12.8 Å². The third kappa shape index (κ3) is 3.86. The zero-order chi connectivity index (χ0) is 13.7. The average Bonchev–Trinajstić information content (AvgIpc) is 2.57. The summed E-state index contributed by atoms with van der Waals surface area (Å²) in [6, 6.07) is 0.512. The molecule has 102 valence electrons. The molecule has 0 aliphatic heterocycles. The highest BCUT2D eigenvalue weighted by atomic mass is 16.3. The van der Waals surface area contributed by atoms with Crippen LogP contribution in [-0.4, -0.2) is 22.3 Å². The molecular formula is C16H21NO2. The molecule has 1 fully saturated rings. The van der Waals surface area contributed by atoms with Crippen molar-refractivity contribution in [3.8, 4) is 0 Å². The Balaban J connectivity index is 1.90. The third-order valence-corrected chi connectivity index (χ3v) is 3.52.